The molecule has 1 atom stereocenters. The Morgan fingerprint density at radius 1 is 1.52 bits per heavy atom. The van der Waals surface area contributed by atoms with Crippen LogP contribution >= 0.6 is 11.8 Å². The van der Waals surface area contributed by atoms with Gasteiger partial charge < -0.3 is 15.8 Å². The van der Waals surface area contributed by atoms with Crippen LogP contribution in [0.2, 0.25) is 0 Å². The van der Waals surface area contributed by atoms with Crippen molar-refractivity contribution in [2.75, 3.05) is 12.8 Å². The quantitative estimate of drug-likeness (QED) is 0.386. The van der Waals surface area contributed by atoms with Gasteiger partial charge in [0.2, 0.25) is 5.91 Å². The average molecular weight is 307 g/mol. The molecule has 1 aliphatic rings. The van der Waals surface area contributed by atoms with E-state index < -0.39 is 0 Å². The van der Waals surface area contributed by atoms with Gasteiger partial charge >= 0.3 is 0 Å². The summed E-state index contributed by atoms with van der Waals surface area (Å²) in [5.74, 6) is 1.34. The minimum atomic E-state index is 0.0775. The van der Waals surface area contributed by atoms with Crippen LogP contribution in [0, 0.1) is 0 Å². The predicted molar refractivity (Wildman–Crippen MR) is 85.5 cm³/mol. The van der Waals surface area contributed by atoms with Crippen LogP contribution in [0.25, 0.3) is 0 Å². The summed E-state index contributed by atoms with van der Waals surface area (Å²) >= 11 is 1.76. The summed E-state index contributed by atoms with van der Waals surface area (Å²) in [6.07, 6.45) is 3.31. The number of amidine groups is 1. The Hall–Kier alpha value is -1.69. The molecule has 1 saturated heterocycles. The van der Waals surface area contributed by atoms with E-state index in [9.17, 15) is 4.79 Å². The van der Waals surface area contributed by atoms with Crippen molar-refractivity contribution in [1.82, 2.24) is 4.90 Å². The lowest BCUT2D eigenvalue weighted by molar-refractivity contribution is -0.130. The molecule has 0 aliphatic carbocycles. The molecule has 6 heteroatoms. The molecule has 21 heavy (non-hydrogen) atoms. The number of thioether (sulfide) groups is 1. The van der Waals surface area contributed by atoms with Crippen molar-refractivity contribution in [3.05, 3.63) is 35.4 Å². The van der Waals surface area contributed by atoms with E-state index in [1.807, 2.05) is 25.2 Å². The van der Waals surface area contributed by atoms with Crippen molar-refractivity contribution in [3.8, 4) is 0 Å². The highest BCUT2D eigenvalue weighted by molar-refractivity contribution is 8.00. The lowest BCUT2D eigenvalue weighted by atomic mass is 10.1. The van der Waals surface area contributed by atoms with Gasteiger partial charge in [-0.1, -0.05) is 29.8 Å². The Kier molecular flexibility index (Phi) is 5.50. The monoisotopic (exact) mass is 307 g/mol. The van der Waals surface area contributed by atoms with E-state index in [0.29, 0.717) is 12.1 Å². The highest BCUT2D eigenvalue weighted by Gasteiger charge is 2.24. The fourth-order valence-electron chi connectivity index (χ4n) is 2.42. The first-order chi connectivity index (χ1) is 10.1. The second-order valence-electron chi connectivity index (χ2n) is 5.24. The number of carbonyl (C=O) groups excluding carboxylic acids is 1. The highest BCUT2D eigenvalue weighted by atomic mass is 32.2. The number of carbonyl (C=O) groups is 1. The van der Waals surface area contributed by atoms with Gasteiger partial charge in [0.05, 0.1) is 5.25 Å². The molecule has 2 rings (SSSR count). The van der Waals surface area contributed by atoms with Crippen molar-refractivity contribution < 1.29 is 10.0 Å². The van der Waals surface area contributed by atoms with E-state index in [1.165, 1.54) is 6.42 Å². The van der Waals surface area contributed by atoms with Gasteiger partial charge in [-0.25, -0.2) is 0 Å². The Morgan fingerprint density at radius 3 is 3.00 bits per heavy atom. The fraction of sp³-hybridized carbons (Fsp3) is 0.467. The van der Waals surface area contributed by atoms with Crippen LogP contribution in [0.15, 0.2) is 29.4 Å². The number of rotatable bonds is 4. The van der Waals surface area contributed by atoms with Crippen molar-refractivity contribution in [2.45, 2.75) is 31.1 Å². The molecule has 0 radical (unpaired) electrons. The van der Waals surface area contributed by atoms with Gasteiger partial charge in [0, 0.05) is 19.2 Å². The summed E-state index contributed by atoms with van der Waals surface area (Å²) < 4.78 is 0. The maximum absolute atomic E-state index is 12.4. The number of nitrogens with two attached hydrogens (primary N) is 1. The van der Waals surface area contributed by atoms with Crippen molar-refractivity contribution >= 4 is 23.5 Å². The zero-order valence-electron chi connectivity index (χ0n) is 12.2. The average Bonchev–Trinajstić information content (AvgIpc) is 2.54. The molecule has 1 aromatic rings. The summed E-state index contributed by atoms with van der Waals surface area (Å²) in [5.41, 5.74) is 7.21. The summed E-state index contributed by atoms with van der Waals surface area (Å²) in [6, 6.07) is 7.40. The molecule has 5 nitrogen and oxygen atoms in total. The van der Waals surface area contributed by atoms with Crippen LogP contribution in [0.1, 0.15) is 30.4 Å². The first-order valence-corrected chi connectivity index (χ1v) is 8.10. The van der Waals surface area contributed by atoms with Crippen LogP contribution < -0.4 is 5.73 Å². The molecule has 0 spiro atoms. The molecular formula is C15H21N3O2S. The van der Waals surface area contributed by atoms with E-state index in [2.05, 4.69) is 5.16 Å². The summed E-state index contributed by atoms with van der Waals surface area (Å²) in [5, 5.41) is 11.8. The lowest BCUT2D eigenvalue weighted by Crippen LogP contribution is -2.35. The Balaban J connectivity index is 2.01. The molecule has 1 heterocycles. The molecule has 0 bridgehead atoms. The predicted octanol–water partition coefficient (Wildman–Crippen LogP) is 2.03. The number of oxime groups is 1. The zero-order chi connectivity index (χ0) is 15.2. The fourth-order valence-corrected chi connectivity index (χ4v) is 3.73. The molecule has 0 saturated carbocycles. The molecular weight excluding hydrogens is 286 g/mol. The SMILES string of the molecule is CN(Cc1cccc(/C(N)=N/O)c1)C(=O)C1CCCCS1. The van der Waals surface area contributed by atoms with Gasteiger partial charge in [0.1, 0.15) is 0 Å². The van der Waals surface area contributed by atoms with Gasteiger partial charge in [-0.05, 0) is 30.2 Å². The number of benzene rings is 1. The standard InChI is InChI=1S/C15H21N3O2S/c1-18(15(19)13-7-2-3-8-21-13)10-11-5-4-6-12(9-11)14(16)17-20/h4-6,9,13,20H,2-3,7-8,10H2,1H3,(H2,16,17). The lowest BCUT2D eigenvalue weighted by Gasteiger charge is -2.26. The van der Waals surface area contributed by atoms with E-state index >= 15 is 0 Å². The minimum absolute atomic E-state index is 0.0775. The molecule has 3 N–H and O–H groups in total. The summed E-state index contributed by atoms with van der Waals surface area (Å²) in [4.78, 5) is 14.2. The molecule has 1 aliphatic heterocycles. The Morgan fingerprint density at radius 2 is 2.33 bits per heavy atom. The van der Waals surface area contributed by atoms with E-state index in [-0.39, 0.29) is 17.0 Å². The zero-order valence-corrected chi connectivity index (χ0v) is 13.0. The van der Waals surface area contributed by atoms with Crippen LogP contribution in [0.4, 0.5) is 0 Å². The number of nitrogens with zero attached hydrogens (tertiary/aromatic N) is 2. The van der Waals surface area contributed by atoms with E-state index in [1.54, 1.807) is 22.7 Å². The van der Waals surface area contributed by atoms with Crippen molar-refractivity contribution in [3.63, 3.8) is 0 Å². The van der Waals surface area contributed by atoms with Gasteiger partial charge in [-0.15, -0.1) is 11.8 Å². The third-order valence-corrected chi connectivity index (χ3v) is 4.95. The van der Waals surface area contributed by atoms with Gasteiger partial charge in [-0.2, -0.15) is 0 Å². The first kappa shape index (κ1) is 15.7. The first-order valence-electron chi connectivity index (χ1n) is 7.05. The van der Waals surface area contributed by atoms with Crippen molar-refractivity contribution in [2.24, 2.45) is 10.9 Å². The van der Waals surface area contributed by atoms with Crippen LogP contribution in [0.3, 0.4) is 0 Å². The molecule has 114 valence electrons. The summed E-state index contributed by atoms with van der Waals surface area (Å²) in [6.45, 7) is 0.530. The number of hydrogen-bond donors (Lipinski definition) is 2. The molecule has 1 amide bonds. The Bertz CT molecular complexity index is 527. The maximum atomic E-state index is 12.4. The smallest absolute Gasteiger partial charge is 0.235 e. The Labute approximate surface area is 129 Å². The molecule has 1 unspecified atom stereocenters. The largest absolute Gasteiger partial charge is 0.409 e. The maximum Gasteiger partial charge on any atom is 0.235 e. The highest BCUT2D eigenvalue weighted by Crippen LogP contribution is 2.26. The number of hydrogen-bond acceptors (Lipinski definition) is 4. The number of amides is 1. The van der Waals surface area contributed by atoms with Crippen LogP contribution in [-0.4, -0.2) is 39.9 Å². The summed E-state index contributed by atoms with van der Waals surface area (Å²) in [7, 11) is 1.83. The van der Waals surface area contributed by atoms with Gasteiger partial charge in [0.15, 0.2) is 5.84 Å². The van der Waals surface area contributed by atoms with Crippen LogP contribution in [0.5, 0.6) is 0 Å². The molecule has 1 aromatic carbocycles. The second-order valence-corrected chi connectivity index (χ2v) is 6.55. The van der Waals surface area contributed by atoms with Gasteiger partial charge in [0.25, 0.3) is 0 Å². The molecule has 1 fully saturated rings. The molecule has 0 aromatic heterocycles. The van der Waals surface area contributed by atoms with E-state index in [4.69, 9.17) is 10.9 Å². The topological polar surface area (TPSA) is 78.9 Å². The minimum Gasteiger partial charge on any atom is -0.409 e. The van der Waals surface area contributed by atoms with Crippen LogP contribution in [-0.2, 0) is 11.3 Å². The normalized spacial score (nSPS) is 19.3. The van der Waals surface area contributed by atoms with E-state index in [0.717, 1.165) is 24.2 Å². The van der Waals surface area contributed by atoms with Crippen molar-refractivity contribution in [1.29, 1.82) is 0 Å². The third-order valence-electron chi connectivity index (χ3n) is 3.58. The second kappa shape index (κ2) is 7.36. The van der Waals surface area contributed by atoms with Gasteiger partial charge in [-0.3, -0.25) is 4.79 Å². The third kappa shape index (κ3) is 4.14.